The second-order valence-electron chi connectivity index (χ2n) is 7.14. The van der Waals surface area contributed by atoms with Gasteiger partial charge < -0.3 is 10.1 Å². The van der Waals surface area contributed by atoms with Gasteiger partial charge >= 0.3 is 0 Å². The quantitative estimate of drug-likeness (QED) is 0.938. The Labute approximate surface area is 143 Å². The van der Waals surface area contributed by atoms with Crippen molar-refractivity contribution in [1.29, 1.82) is 0 Å². The average molecular weight is 326 g/mol. The van der Waals surface area contributed by atoms with Crippen molar-refractivity contribution >= 4 is 16.7 Å². The van der Waals surface area contributed by atoms with E-state index in [2.05, 4.69) is 48.3 Å². The number of rotatable bonds is 4. The Morgan fingerprint density at radius 1 is 1.25 bits per heavy atom. The average Bonchev–Trinajstić information content (AvgIpc) is 2.56. The molecule has 24 heavy (non-hydrogen) atoms. The van der Waals surface area contributed by atoms with Crippen molar-refractivity contribution in [1.82, 2.24) is 10.2 Å². The number of ether oxygens (including phenoxy) is 1. The lowest BCUT2D eigenvalue weighted by Crippen LogP contribution is -2.55. The van der Waals surface area contributed by atoms with Gasteiger partial charge in [-0.25, -0.2) is 0 Å². The second-order valence-corrected chi connectivity index (χ2v) is 7.14. The topological polar surface area (TPSA) is 41.6 Å². The van der Waals surface area contributed by atoms with Crippen LogP contribution in [0.5, 0.6) is 0 Å². The first-order chi connectivity index (χ1) is 11.5. The van der Waals surface area contributed by atoms with Gasteiger partial charge in [-0.1, -0.05) is 42.5 Å². The lowest BCUT2D eigenvalue weighted by Gasteiger charge is -2.41. The van der Waals surface area contributed by atoms with Crippen LogP contribution in [0.1, 0.15) is 32.4 Å². The Balaban J connectivity index is 1.69. The van der Waals surface area contributed by atoms with Gasteiger partial charge in [0.1, 0.15) is 0 Å². The first kappa shape index (κ1) is 16.9. The maximum absolute atomic E-state index is 12.5. The summed E-state index contributed by atoms with van der Waals surface area (Å²) in [6.45, 7) is 8.84. The lowest BCUT2D eigenvalue weighted by molar-refractivity contribution is -0.127. The molecular weight excluding hydrogens is 300 g/mol. The summed E-state index contributed by atoms with van der Waals surface area (Å²) in [6, 6.07) is 14.5. The van der Waals surface area contributed by atoms with Crippen LogP contribution in [0.15, 0.2) is 42.5 Å². The van der Waals surface area contributed by atoms with E-state index >= 15 is 0 Å². The van der Waals surface area contributed by atoms with Crippen LogP contribution in [-0.2, 0) is 9.53 Å². The Morgan fingerprint density at radius 2 is 2.00 bits per heavy atom. The number of nitrogens with zero attached hydrogens (tertiary/aromatic N) is 1. The molecule has 4 nitrogen and oxygen atoms in total. The Kier molecular flexibility index (Phi) is 4.88. The molecule has 1 heterocycles. The highest BCUT2D eigenvalue weighted by Crippen LogP contribution is 2.24. The van der Waals surface area contributed by atoms with Crippen LogP contribution in [0.25, 0.3) is 10.8 Å². The van der Waals surface area contributed by atoms with Gasteiger partial charge in [0.25, 0.3) is 0 Å². The first-order valence-corrected chi connectivity index (χ1v) is 8.57. The minimum atomic E-state index is -0.0989. The number of carbonyl (C=O) groups excluding carboxylic acids is 1. The van der Waals surface area contributed by atoms with Gasteiger partial charge in [-0.3, -0.25) is 9.69 Å². The molecule has 0 aromatic heterocycles. The fraction of sp³-hybridized carbons (Fsp3) is 0.450. The number of fused-ring (bicyclic) bond motifs is 1. The molecule has 1 amide bonds. The Morgan fingerprint density at radius 3 is 2.79 bits per heavy atom. The number of morpholine rings is 1. The molecule has 0 spiro atoms. The van der Waals surface area contributed by atoms with Gasteiger partial charge in [0.2, 0.25) is 5.91 Å². The smallest absolute Gasteiger partial charge is 0.234 e. The van der Waals surface area contributed by atoms with Crippen LogP contribution >= 0.6 is 0 Å². The Bertz CT molecular complexity index is 721. The monoisotopic (exact) mass is 326 g/mol. The van der Waals surface area contributed by atoms with E-state index in [1.807, 2.05) is 25.1 Å². The third kappa shape index (κ3) is 3.60. The number of carbonyl (C=O) groups is 1. The van der Waals surface area contributed by atoms with Gasteiger partial charge in [-0.2, -0.15) is 0 Å². The molecule has 0 unspecified atom stereocenters. The number of benzene rings is 2. The van der Waals surface area contributed by atoms with Crippen LogP contribution in [0.3, 0.4) is 0 Å². The molecule has 0 bridgehead atoms. The van der Waals surface area contributed by atoms with Gasteiger partial charge in [-0.05, 0) is 37.1 Å². The molecule has 1 fully saturated rings. The Hall–Kier alpha value is -1.91. The highest BCUT2D eigenvalue weighted by Gasteiger charge is 2.31. The molecule has 0 aliphatic carbocycles. The zero-order valence-electron chi connectivity index (χ0n) is 14.7. The molecule has 1 atom stereocenters. The minimum Gasteiger partial charge on any atom is -0.378 e. The van der Waals surface area contributed by atoms with Gasteiger partial charge in [0.15, 0.2) is 0 Å². The van der Waals surface area contributed by atoms with Crippen molar-refractivity contribution in [3.05, 3.63) is 48.0 Å². The third-order valence-electron chi connectivity index (χ3n) is 4.82. The van der Waals surface area contributed by atoms with Gasteiger partial charge in [-0.15, -0.1) is 0 Å². The fourth-order valence-electron chi connectivity index (χ4n) is 3.35. The molecular formula is C20H26N2O2. The maximum atomic E-state index is 12.5. The molecule has 1 N–H and O–H groups in total. The van der Waals surface area contributed by atoms with Gasteiger partial charge in [0.05, 0.1) is 25.8 Å². The molecule has 2 aromatic rings. The number of hydrogen-bond donors (Lipinski definition) is 1. The van der Waals surface area contributed by atoms with E-state index in [-0.39, 0.29) is 17.5 Å². The predicted octanol–water partition coefficient (Wildman–Crippen LogP) is 3.13. The highest BCUT2D eigenvalue weighted by molar-refractivity contribution is 5.87. The number of amides is 1. The number of hydrogen-bond acceptors (Lipinski definition) is 3. The van der Waals surface area contributed by atoms with Crippen molar-refractivity contribution in [2.45, 2.75) is 32.4 Å². The summed E-state index contributed by atoms with van der Waals surface area (Å²) < 4.78 is 5.52. The minimum absolute atomic E-state index is 0.0206. The van der Waals surface area contributed by atoms with Crippen LogP contribution in [-0.4, -0.2) is 42.6 Å². The molecule has 1 saturated heterocycles. The summed E-state index contributed by atoms with van der Waals surface area (Å²) in [5, 5.41) is 5.55. The van der Waals surface area contributed by atoms with E-state index in [4.69, 9.17) is 4.74 Å². The summed E-state index contributed by atoms with van der Waals surface area (Å²) in [6.07, 6.45) is 0. The van der Waals surface area contributed by atoms with Crippen LogP contribution < -0.4 is 5.32 Å². The summed E-state index contributed by atoms with van der Waals surface area (Å²) >= 11 is 0. The normalized spacial score (nSPS) is 19.1. The fourth-order valence-corrected chi connectivity index (χ4v) is 3.35. The molecule has 3 rings (SSSR count). The SMILES string of the molecule is C[C@@H](NC(=O)CN1CCOCC1(C)C)c1cccc2ccccc12. The van der Waals surface area contributed by atoms with E-state index in [0.29, 0.717) is 19.8 Å². The molecule has 4 heteroatoms. The van der Waals surface area contributed by atoms with E-state index in [1.165, 1.54) is 10.8 Å². The molecule has 2 aromatic carbocycles. The molecule has 128 valence electrons. The summed E-state index contributed by atoms with van der Waals surface area (Å²) in [7, 11) is 0. The summed E-state index contributed by atoms with van der Waals surface area (Å²) in [5.74, 6) is 0.0606. The highest BCUT2D eigenvalue weighted by atomic mass is 16.5. The lowest BCUT2D eigenvalue weighted by atomic mass is 9.99. The molecule has 0 saturated carbocycles. The van der Waals surface area contributed by atoms with Crippen LogP contribution in [0, 0.1) is 0 Å². The maximum Gasteiger partial charge on any atom is 0.234 e. The van der Waals surface area contributed by atoms with Crippen molar-refractivity contribution in [3.63, 3.8) is 0 Å². The first-order valence-electron chi connectivity index (χ1n) is 8.57. The summed E-state index contributed by atoms with van der Waals surface area (Å²) in [5.41, 5.74) is 1.06. The summed E-state index contributed by atoms with van der Waals surface area (Å²) in [4.78, 5) is 14.7. The number of nitrogens with one attached hydrogen (secondary N) is 1. The van der Waals surface area contributed by atoms with E-state index in [0.717, 1.165) is 12.1 Å². The van der Waals surface area contributed by atoms with Crippen molar-refractivity contribution in [2.75, 3.05) is 26.3 Å². The van der Waals surface area contributed by atoms with Gasteiger partial charge in [0, 0.05) is 12.1 Å². The molecule has 0 radical (unpaired) electrons. The van der Waals surface area contributed by atoms with Crippen molar-refractivity contribution in [2.24, 2.45) is 0 Å². The van der Waals surface area contributed by atoms with Crippen molar-refractivity contribution in [3.8, 4) is 0 Å². The van der Waals surface area contributed by atoms with E-state index in [9.17, 15) is 4.79 Å². The third-order valence-corrected chi connectivity index (χ3v) is 4.82. The molecule has 1 aliphatic heterocycles. The predicted molar refractivity (Wildman–Crippen MR) is 97.0 cm³/mol. The largest absolute Gasteiger partial charge is 0.378 e. The zero-order chi connectivity index (χ0) is 17.2. The van der Waals surface area contributed by atoms with E-state index < -0.39 is 0 Å². The van der Waals surface area contributed by atoms with Crippen LogP contribution in [0.4, 0.5) is 0 Å². The second kappa shape index (κ2) is 6.91. The zero-order valence-corrected chi connectivity index (χ0v) is 14.7. The van der Waals surface area contributed by atoms with Crippen molar-refractivity contribution < 1.29 is 9.53 Å². The van der Waals surface area contributed by atoms with Crippen LogP contribution in [0.2, 0.25) is 0 Å². The molecule has 1 aliphatic rings. The standard InChI is InChI=1S/C20H26N2O2/c1-15(17-10-6-8-16-7-4-5-9-18(16)17)21-19(23)13-22-11-12-24-14-20(22,2)3/h4-10,15H,11-14H2,1-3H3,(H,21,23)/t15-/m1/s1. The van der Waals surface area contributed by atoms with E-state index in [1.54, 1.807) is 0 Å².